The predicted octanol–water partition coefficient (Wildman–Crippen LogP) is 1.25. The molecule has 0 heterocycles. The van der Waals surface area contributed by atoms with Crippen molar-refractivity contribution in [3.63, 3.8) is 0 Å². The highest BCUT2D eigenvalue weighted by Crippen LogP contribution is 2.19. The Morgan fingerprint density at radius 1 is 1.41 bits per heavy atom. The van der Waals surface area contributed by atoms with Crippen molar-refractivity contribution >= 4 is 34.0 Å². The first-order valence-electron chi connectivity index (χ1n) is 5.14. The molecule has 0 aliphatic rings. The van der Waals surface area contributed by atoms with Crippen molar-refractivity contribution in [2.24, 2.45) is 0 Å². The van der Waals surface area contributed by atoms with Gasteiger partial charge in [0.05, 0.1) is 17.3 Å². The number of amides is 1. The van der Waals surface area contributed by atoms with Crippen LogP contribution in [-0.2, 0) is 15.6 Å². The Kier molecular flexibility index (Phi) is 6.18. The lowest BCUT2D eigenvalue weighted by molar-refractivity contribution is -0.115. The molecule has 0 aliphatic carbocycles. The van der Waals surface area contributed by atoms with E-state index in [0.29, 0.717) is 23.0 Å². The van der Waals surface area contributed by atoms with E-state index < -0.39 is 10.8 Å². The zero-order valence-electron chi connectivity index (χ0n) is 9.53. The summed E-state index contributed by atoms with van der Waals surface area (Å²) in [5.74, 6) is 0.374. The number of anilines is 1. The molecule has 1 atom stereocenters. The average molecular weight is 275 g/mol. The number of rotatable bonds is 6. The molecule has 1 rings (SSSR count). The number of halogens is 1. The van der Waals surface area contributed by atoms with Crippen LogP contribution in [0.15, 0.2) is 24.3 Å². The number of hydrogen-bond acceptors (Lipinski definition) is 3. The topological polar surface area (TPSA) is 58.2 Å². The summed E-state index contributed by atoms with van der Waals surface area (Å²) in [6.45, 7) is 0.738. The summed E-state index contributed by atoms with van der Waals surface area (Å²) in [7, 11) is -0.837. The van der Waals surface area contributed by atoms with Gasteiger partial charge in [0.1, 0.15) is 0 Å². The minimum absolute atomic E-state index is 0.167. The van der Waals surface area contributed by atoms with Gasteiger partial charge in [0, 0.05) is 29.4 Å². The van der Waals surface area contributed by atoms with Crippen molar-refractivity contribution in [2.75, 3.05) is 30.4 Å². The molecule has 0 saturated carbocycles. The van der Waals surface area contributed by atoms with Gasteiger partial charge in [-0.1, -0.05) is 23.7 Å². The van der Waals surface area contributed by atoms with Gasteiger partial charge < -0.3 is 10.6 Å². The Bertz CT molecular complexity index is 412. The fourth-order valence-corrected chi connectivity index (χ4v) is 1.79. The van der Waals surface area contributed by atoms with Gasteiger partial charge >= 0.3 is 0 Å². The van der Waals surface area contributed by atoms with Crippen LogP contribution < -0.4 is 10.6 Å². The third-order valence-electron chi connectivity index (χ3n) is 2.00. The van der Waals surface area contributed by atoms with Crippen LogP contribution in [0.25, 0.3) is 0 Å². The molecular weight excluding hydrogens is 260 g/mol. The van der Waals surface area contributed by atoms with Gasteiger partial charge in [-0.15, -0.1) is 0 Å². The molecule has 0 aromatic heterocycles. The van der Waals surface area contributed by atoms with Gasteiger partial charge in [-0.2, -0.15) is 0 Å². The van der Waals surface area contributed by atoms with E-state index in [9.17, 15) is 9.00 Å². The number of hydrogen-bond donors (Lipinski definition) is 2. The van der Waals surface area contributed by atoms with Crippen LogP contribution in [0, 0.1) is 0 Å². The minimum atomic E-state index is -0.837. The molecule has 2 N–H and O–H groups in total. The van der Waals surface area contributed by atoms with E-state index in [-0.39, 0.29) is 12.5 Å². The zero-order chi connectivity index (χ0) is 12.7. The predicted molar refractivity (Wildman–Crippen MR) is 71.9 cm³/mol. The summed E-state index contributed by atoms with van der Waals surface area (Å²) < 4.78 is 10.8. The van der Waals surface area contributed by atoms with Crippen LogP contribution in [0.5, 0.6) is 0 Å². The molecular formula is C11H15ClN2O2S. The Balaban J connectivity index is 2.30. The molecule has 0 saturated heterocycles. The van der Waals surface area contributed by atoms with Crippen molar-refractivity contribution in [1.82, 2.24) is 5.32 Å². The monoisotopic (exact) mass is 274 g/mol. The van der Waals surface area contributed by atoms with Crippen molar-refractivity contribution < 1.29 is 9.00 Å². The van der Waals surface area contributed by atoms with Crippen LogP contribution in [0.4, 0.5) is 5.69 Å². The Hall–Kier alpha value is -0.910. The molecule has 1 aromatic carbocycles. The Morgan fingerprint density at radius 2 is 2.12 bits per heavy atom. The van der Waals surface area contributed by atoms with E-state index in [1.165, 1.54) is 0 Å². The molecule has 6 heteroatoms. The maximum atomic E-state index is 11.5. The van der Waals surface area contributed by atoms with E-state index in [2.05, 4.69) is 10.6 Å². The van der Waals surface area contributed by atoms with Gasteiger partial charge in [-0.05, 0) is 12.1 Å². The Labute approximate surface area is 108 Å². The summed E-state index contributed by atoms with van der Waals surface area (Å²) in [6.07, 6.45) is 1.63. The summed E-state index contributed by atoms with van der Waals surface area (Å²) >= 11 is 5.90. The lowest BCUT2D eigenvalue weighted by Crippen LogP contribution is -2.30. The third-order valence-corrected chi connectivity index (χ3v) is 3.11. The maximum Gasteiger partial charge on any atom is 0.238 e. The second-order valence-corrected chi connectivity index (χ2v) is 5.44. The van der Waals surface area contributed by atoms with E-state index in [1.54, 1.807) is 30.5 Å². The molecule has 0 aliphatic heterocycles. The molecule has 0 bridgehead atoms. The number of carbonyl (C=O) groups excluding carboxylic acids is 1. The third kappa shape index (κ3) is 5.81. The summed E-state index contributed by atoms with van der Waals surface area (Å²) in [6, 6.07) is 7.05. The van der Waals surface area contributed by atoms with Crippen LogP contribution in [0.1, 0.15) is 0 Å². The van der Waals surface area contributed by atoms with Crippen LogP contribution in [0.2, 0.25) is 5.02 Å². The summed E-state index contributed by atoms with van der Waals surface area (Å²) in [5, 5.41) is 6.11. The number of para-hydroxylation sites is 1. The lowest BCUT2D eigenvalue weighted by Gasteiger charge is -2.07. The van der Waals surface area contributed by atoms with Crippen molar-refractivity contribution in [3.8, 4) is 0 Å². The number of carbonyl (C=O) groups is 1. The van der Waals surface area contributed by atoms with Crippen molar-refractivity contribution in [3.05, 3.63) is 29.3 Å². The van der Waals surface area contributed by atoms with Gasteiger partial charge in [-0.25, -0.2) is 0 Å². The van der Waals surface area contributed by atoms with E-state index >= 15 is 0 Å². The lowest BCUT2D eigenvalue weighted by atomic mass is 10.3. The second-order valence-electron chi connectivity index (χ2n) is 3.48. The van der Waals surface area contributed by atoms with Gasteiger partial charge in [0.25, 0.3) is 0 Å². The van der Waals surface area contributed by atoms with Crippen LogP contribution >= 0.6 is 11.6 Å². The zero-order valence-corrected chi connectivity index (χ0v) is 11.1. The Morgan fingerprint density at radius 3 is 2.76 bits per heavy atom. The standard InChI is InChI=1S/C11H15ClN2O2S/c1-17(16)7-6-13-8-11(15)14-10-5-3-2-4-9(10)12/h2-5,13H,6-8H2,1H3,(H,14,15). The molecule has 4 nitrogen and oxygen atoms in total. The molecule has 1 aromatic rings. The molecule has 1 amide bonds. The van der Waals surface area contributed by atoms with Gasteiger partial charge in [-0.3, -0.25) is 9.00 Å². The molecule has 0 radical (unpaired) electrons. The molecule has 0 fully saturated rings. The van der Waals surface area contributed by atoms with Gasteiger partial charge in [0.15, 0.2) is 0 Å². The first-order chi connectivity index (χ1) is 8.09. The fourth-order valence-electron chi connectivity index (χ4n) is 1.17. The largest absolute Gasteiger partial charge is 0.324 e. The number of benzene rings is 1. The quantitative estimate of drug-likeness (QED) is 0.768. The minimum Gasteiger partial charge on any atom is -0.324 e. The van der Waals surface area contributed by atoms with Crippen LogP contribution in [0.3, 0.4) is 0 Å². The second kappa shape index (κ2) is 7.42. The highest BCUT2D eigenvalue weighted by Gasteiger charge is 2.04. The van der Waals surface area contributed by atoms with Crippen molar-refractivity contribution in [2.45, 2.75) is 0 Å². The molecule has 17 heavy (non-hydrogen) atoms. The van der Waals surface area contributed by atoms with E-state index in [4.69, 9.17) is 11.6 Å². The molecule has 0 spiro atoms. The van der Waals surface area contributed by atoms with Gasteiger partial charge in [0.2, 0.25) is 5.91 Å². The highest BCUT2D eigenvalue weighted by molar-refractivity contribution is 7.84. The first kappa shape index (κ1) is 14.2. The summed E-state index contributed by atoms with van der Waals surface area (Å²) in [4.78, 5) is 11.5. The summed E-state index contributed by atoms with van der Waals surface area (Å²) in [5.41, 5.74) is 0.597. The van der Waals surface area contributed by atoms with E-state index in [0.717, 1.165) is 0 Å². The SMILES string of the molecule is CS(=O)CCNCC(=O)Nc1ccccc1Cl. The van der Waals surface area contributed by atoms with Crippen molar-refractivity contribution in [1.29, 1.82) is 0 Å². The average Bonchev–Trinajstić information content (AvgIpc) is 2.27. The van der Waals surface area contributed by atoms with E-state index in [1.807, 2.05) is 0 Å². The fraction of sp³-hybridized carbons (Fsp3) is 0.364. The first-order valence-corrected chi connectivity index (χ1v) is 7.25. The smallest absolute Gasteiger partial charge is 0.238 e. The normalized spacial score (nSPS) is 12.1. The number of nitrogens with one attached hydrogen (secondary N) is 2. The van der Waals surface area contributed by atoms with Crippen LogP contribution in [-0.4, -0.2) is 35.2 Å². The highest BCUT2D eigenvalue weighted by atomic mass is 35.5. The molecule has 94 valence electrons. The maximum absolute atomic E-state index is 11.5. The molecule has 1 unspecified atom stereocenters.